The minimum Gasteiger partial charge on any atom is -0.330 e. The number of hydrogen-bond donors (Lipinski definition) is 1. The molecule has 1 unspecified atom stereocenters. The third-order valence-electron chi connectivity index (χ3n) is 2.50. The van der Waals surface area contributed by atoms with Gasteiger partial charge in [-0.15, -0.1) is 0 Å². The Morgan fingerprint density at radius 1 is 1.50 bits per heavy atom. The second kappa shape index (κ2) is 3.42. The number of nitrogens with zero attached hydrogens (tertiary/aromatic N) is 2. The largest absolute Gasteiger partial charge is 0.330 e. The molecule has 3 heteroatoms. The van der Waals surface area contributed by atoms with Crippen molar-refractivity contribution in [2.45, 2.75) is 19.8 Å². The quantitative estimate of drug-likeness (QED) is 0.781. The fraction of sp³-hybridized carbons (Fsp3) is 0.364. The molecule has 2 aromatic heterocycles. The SMILES string of the molecule is Cc1cc2cccc(C(C)CN)n2n1. The summed E-state index contributed by atoms with van der Waals surface area (Å²) in [6, 6.07) is 8.27. The summed E-state index contributed by atoms with van der Waals surface area (Å²) in [7, 11) is 0. The van der Waals surface area contributed by atoms with Crippen molar-refractivity contribution < 1.29 is 0 Å². The summed E-state index contributed by atoms with van der Waals surface area (Å²) >= 11 is 0. The number of rotatable bonds is 2. The van der Waals surface area contributed by atoms with E-state index in [1.807, 2.05) is 11.4 Å². The zero-order valence-corrected chi connectivity index (χ0v) is 8.57. The molecule has 2 heterocycles. The Morgan fingerprint density at radius 3 is 3.00 bits per heavy atom. The van der Waals surface area contributed by atoms with Crippen LogP contribution in [0.2, 0.25) is 0 Å². The number of aromatic nitrogens is 2. The predicted octanol–water partition coefficient (Wildman–Crippen LogP) is 1.70. The minimum absolute atomic E-state index is 0.345. The lowest BCUT2D eigenvalue weighted by atomic mass is 10.1. The summed E-state index contributed by atoms with van der Waals surface area (Å²) in [4.78, 5) is 0. The first-order valence-corrected chi connectivity index (χ1v) is 4.87. The van der Waals surface area contributed by atoms with Gasteiger partial charge in [0, 0.05) is 18.2 Å². The standard InChI is InChI=1S/C11H15N3/c1-8(7-12)11-5-3-4-10-6-9(2)13-14(10)11/h3-6,8H,7,12H2,1-2H3. The van der Waals surface area contributed by atoms with E-state index in [9.17, 15) is 0 Å². The van der Waals surface area contributed by atoms with Crippen LogP contribution < -0.4 is 5.73 Å². The Bertz CT molecular complexity index is 445. The summed E-state index contributed by atoms with van der Waals surface area (Å²) < 4.78 is 1.98. The van der Waals surface area contributed by atoms with Crippen LogP contribution in [0, 0.1) is 6.92 Å². The van der Waals surface area contributed by atoms with Crippen LogP contribution in [0.3, 0.4) is 0 Å². The van der Waals surface area contributed by atoms with Gasteiger partial charge in [-0.3, -0.25) is 0 Å². The zero-order chi connectivity index (χ0) is 10.1. The summed E-state index contributed by atoms with van der Waals surface area (Å²) in [6.07, 6.45) is 0. The molecule has 0 aliphatic rings. The van der Waals surface area contributed by atoms with Gasteiger partial charge in [0.2, 0.25) is 0 Å². The molecule has 14 heavy (non-hydrogen) atoms. The van der Waals surface area contributed by atoms with Crippen LogP contribution in [0.5, 0.6) is 0 Å². The number of fused-ring (bicyclic) bond motifs is 1. The predicted molar refractivity (Wildman–Crippen MR) is 57.4 cm³/mol. The number of pyridine rings is 1. The van der Waals surface area contributed by atoms with E-state index in [4.69, 9.17) is 5.73 Å². The molecule has 2 rings (SSSR count). The molecule has 0 fully saturated rings. The van der Waals surface area contributed by atoms with Crippen molar-refractivity contribution in [3.63, 3.8) is 0 Å². The summed E-state index contributed by atoms with van der Waals surface area (Å²) in [5, 5.41) is 4.44. The molecule has 3 nitrogen and oxygen atoms in total. The first-order valence-electron chi connectivity index (χ1n) is 4.87. The Labute approximate surface area is 83.5 Å². The normalized spacial score (nSPS) is 13.4. The van der Waals surface area contributed by atoms with E-state index in [2.05, 4.69) is 36.3 Å². The summed E-state index contributed by atoms with van der Waals surface area (Å²) in [5.41, 5.74) is 9.02. The van der Waals surface area contributed by atoms with Gasteiger partial charge in [-0.05, 0) is 25.1 Å². The van der Waals surface area contributed by atoms with Crippen LogP contribution >= 0.6 is 0 Å². The van der Waals surface area contributed by atoms with E-state index in [0.717, 1.165) is 11.2 Å². The molecule has 0 spiro atoms. The van der Waals surface area contributed by atoms with Gasteiger partial charge in [0.05, 0.1) is 11.2 Å². The van der Waals surface area contributed by atoms with Gasteiger partial charge in [0.1, 0.15) is 0 Å². The van der Waals surface area contributed by atoms with Crippen molar-refractivity contribution in [3.8, 4) is 0 Å². The Morgan fingerprint density at radius 2 is 2.29 bits per heavy atom. The lowest BCUT2D eigenvalue weighted by molar-refractivity contribution is 0.702. The first kappa shape index (κ1) is 9.21. The van der Waals surface area contributed by atoms with Crippen LogP contribution in [0.15, 0.2) is 24.3 Å². The summed E-state index contributed by atoms with van der Waals surface area (Å²) in [5.74, 6) is 0.345. The van der Waals surface area contributed by atoms with Crippen LogP contribution in [0.25, 0.3) is 5.52 Å². The molecule has 74 valence electrons. The van der Waals surface area contributed by atoms with Crippen molar-refractivity contribution in [2.75, 3.05) is 6.54 Å². The Kier molecular flexibility index (Phi) is 2.25. The average molecular weight is 189 g/mol. The molecule has 2 N–H and O–H groups in total. The van der Waals surface area contributed by atoms with Crippen LogP contribution in [-0.4, -0.2) is 16.2 Å². The highest BCUT2D eigenvalue weighted by molar-refractivity contribution is 5.48. The maximum Gasteiger partial charge on any atom is 0.0667 e. The van der Waals surface area contributed by atoms with E-state index >= 15 is 0 Å². The third-order valence-corrected chi connectivity index (χ3v) is 2.50. The van der Waals surface area contributed by atoms with E-state index in [-0.39, 0.29) is 0 Å². The lowest BCUT2D eigenvalue weighted by Crippen LogP contribution is -2.12. The monoisotopic (exact) mass is 189 g/mol. The molecule has 0 amide bonds. The maximum atomic E-state index is 5.66. The van der Waals surface area contributed by atoms with Crippen LogP contribution in [0.1, 0.15) is 24.2 Å². The second-order valence-corrected chi connectivity index (χ2v) is 3.71. The first-order chi connectivity index (χ1) is 6.72. The number of hydrogen-bond acceptors (Lipinski definition) is 2. The van der Waals surface area contributed by atoms with E-state index < -0.39 is 0 Å². The van der Waals surface area contributed by atoms with Gasteiger partial charge < -0.3 is 5.73 Å². The second-order valence-electron chi connectivity index (χ2n) is 3.71. The van der Waals surface area contributed by atoms with Crippen LogP contribution in [0.4, 0.5) is 0 Å². The van der Waals surface area contributed by atoms with Crippen molar-refractivity contribution in [3.05, 3.63) is 35.7 Å². The number of aryl methyl sites for hydroxylation is 1. The van der Waals surface area contributed by atoms with Crippen molar-refractivity contribution >= 4 is 5.52 Å². The molecule has 0 saturated carbocycles. The molecule has 0 aliphatic carbocycles. The van der Waals surface area contributed by atoms with E-state index in [1.165, 1.54) is 5.69 Å². The van der Waals surface area contributed by atoms with E-state index in [1.54, 1.807) is 0 Å². The zero-order valence-electron chi connectivity index (χ0n) is 8.57. The fourth-order valence-electron chi connectivity index (χ4n) is 1.65. The number of nitrogens with two attached hydrogens (primary N) is 1. The molecule has 2 aromatic rings. The fourth-order valence-corrected chi connectivity index (χ4v) is 1.65. The highest BCUT2D eigenvalue weighted by Crippen LogP contribution is 2.16. The van der Waals surface area contributed by atoms with E-state index in [0.29, 0.717) is 12.5 Å². The highest BCUT2D eigenvalue weighted by atomic mass is 15.2. The molecular formula is C11H15N3. The minimum atomic E-state index is 0.345. The average Bonchev–Trinajstić information content (AvgIpc) is 2.56. The third kappa shape index (κ3) is 1.40. The summed E-state index contributed by atoms with van der Waals surface area (Å²) in [6.45, 7) is 4.77. The van der Waals surface area contributed by atoms with Crippen LogP contribution in [-0.2, 0) is 0 Å². The molecule has 0 saturated heterocycles. The molecule has 0 aromatic carbocycles. The smallest absolute Gasteiger partial charge is 0.0667 e. The van der Waals surface area contributed by atoms with Gasteiger partial charge in [-0.2, -0.15) is 5.10 Å². The van der Waals surface area contributed by atoms with Gasteiger partial charge in [-0.1, -0.05) is 13.0 Å². The topological polar surface area (TPSA) is 43.3 Å². The van der Waals surface area contributed by atoms with Gasteiger partial charge in [0.25, 0.3) is 0 Å². The van der Waals surface area contributed by atoms with Gasteiger partial charge >= 0.3 is 0 Å². The Hall–Kier alpha value is -1.35. The Balaban J connectivity index is 2.64. The molecule has 1 atom stereocenters. The van der Waals surface area contributed by atoms with Crippen molar-refractivity contribution in [2.24, 2.45) is 5.73 Å². The van der Waals surface area contributed by atoms with Gasteiger partial charge in [-0.25, -0.2) is 4.52 Å². The maximum absolute atomic E-state index is 5.66. The molecule has 0 bridgehead atoms. The highest BCUT2D eigenvalue weighted by Gasteiger charge is 2.08. The molecular weight excluding hydrogens is 174 g/mol. The van der Waals surface area contributed by atoms with Crippen molar-refractivity contribution in [1.82, 2.24) is 9.61 Å². The van der Waals surface area contributed by atoms with Gasteiger partial charge in [0.15, 0.2) is 0 Å². The molecule has 0 radical (unpaired) electrons. The van der Waals surface area contributed by atoms with Crippen molar-refractivity contribution in [1.29, 1.82) is 0 Å². The molecule has 0 aliphatic heterocycles. The lowest BCUT2D eigenvalue weighted by Gasteiger charge is -2.10.